The van der Waals surface area contributed by atoms with Gasteiger partial charge in [0.1, 0.15) is 0 Å². The molecule has 0 radical (unpaired) electrons. The van der Waals surface area contributed by atoms with Crippen molar-refractivity contribution in [3.8, 4) is 56.7 Å². The van der Waals surface area contributed by atoms with Crippen molar-refractivity contribution in [1.82, 2.24) is 24.1 Å². The van der Waals surface area contributed by atoms with Crippen molar-refractivity contribution in [2.75, 3.05) is 0 Å². The molecule has 0 saturated carbocycles. The van der Waals surface area contributed by atoms with Crippen LogP contribution >= 0.6 is 0 Å². The van der Waals surface area contributed by atoms with E-state index in [-0.39, 0.29) is 22.2 Å². The number of para-hydroxylation sites is 2. The molecular weight excluding hydrogens is 719 g/mol. The minimum absolute atomic E-state index is 0.223. The fourth-order valence-electron chi connectivity index (χ4n) is 7.95. The van der Waals surface area contributed by atoms with Crippen molar-refractivity contribution in [2.45, 2.75) is 19.3 Å². The number of benzene rings is 8. The van der Waals surface area contributed by atoms with Gasteiger partial charge in [0.2, 0.25) is 11.9 Å². The lowest BCUT2D eigenvalue weighted by Gasteiger charge is -2.22. The van der Waals surface area contributed by atoms with Crippen LogP contribution in [-0.4, -0.2) is 24.1 Å². The molecule has 0 bridgehead atoms. The van der Waals surface area contributed by atoms with E-state index in [1.54, 1.807) is 12.1 Å². The predicted octanol–water partition coefficient (Wildman–Crippen LogP) is 13.4. The smallest absolute Gasteiger partial charge is 0.240 e. The van der Waals surface area contributed by atoms with Crippen molar-refractivity contribution in [3.63, 3.8) is 0 Å². The second-order valence-corrected chi connectivity index (χ2v) is 14.3. The number of aromatic nitrogens is 5. The third-order valence-electron chi connectivity index (χ3n) is 10.7. The van der Waals surface area contributed by atoms with Crippen LogP contribution in [0.4, 0.5) is 0 Å². The summed E-state index contributed by atoms with van der Waals surface area (Å²) in [5, 5.41) is -1.78. The van der Waals surface area contributed by atoms with E-state index in [0.29, 0.717) is 0 Å². The Labute approximate surface area is 375 Å². The molecule has 1 aliphatic rings. The first-order chi connectivity index (χ1) is 39.0. The highest BCUT2D eigenvalue weighted by atomic mass is 15.3. The Morgan fingerprint density at radius 2 is 0.915 bits per heavy atom. The molecule has 5 nitrogen and oxygen atoms in total. The number of nitrogens with zero attached hydrogens (tertiary/aromatic N) is 5. The molecular formula is C54H37N5. The molecule has 1 aliphatic carbocycles. The summed E-state index contributed by atoms with van der Waals surface area (Å²) in [6, 6.07) is -7.03. The van der Waals surface area contributed by atoms with Crippen LogP contribution in [0.5, 0.6) is 0 Å². The van der Waals surface area contributed by atoms with Crippen molar-refractivity contribution < 1.29 is 32.9 Å². The lowest BCUT2D eigenvalue weighted by Crippen LogP contribution is -2.15. The fourth-order valence-corrected chi connectivity index (χ4v) is 7.95. The molecule has 3 heterocycles. The quantitative estimate of drug-likeness (QED) is 0.175. The maximum absolute atomic E-state index is 10.1. The Morgan fingerprint density at radius 1 is 0.424 bits per heavy atom. The van der Waals surface area contributed by atoms with Crippen LogP contribution in [0.25, 0.3) is 100 Å². The molecule has 5 heteroatoms. The SMILES string of the molecule is [2H]c1c([2H])c([2H])c(-c2c([2H])c([2H])c3c4c([2H])c([2H])c(-c5c([2H])c([2H])c([2H])c([2H])c5[2H])c([2H])c4n(-c4nc(-c5ccc6c(c5)C(C)(C)c5ccccc5-6)nc(-n5c6c([2H])c([2H])c([2H])c([2H])c6c6c([2H])c([2H])c([2H])c([2H])c65)n4)c3c2[2H])c([2H])c1[2H]. The summed E-state index contributed by atoms with van der Waals surface area (Å²) < 4.78 is 219. The highest BCUT2D eigenvalue weighted by Gasteiger charge is 2.35. The number of hydrogen-bond acceptors (Lipinski definition) is 3. The van der Waals surface area contributed by atoms with Gasteiger partial charge in [-0.15, -0.1) is 0 Å². The highest BCUT2D eigenvalue weighted by molar-refractivity contribution is 6.11. The zero-order valence-corrected chi connectivity index (χ0v) is 30.8. The Hall–Kier alpha value is -7.63. The summed E-state index contributed by atoms with van der Waals surface area (Å²) >= 11 is 0. The summed E-state index contributed by atoms with van der Waals surface area (Å²) in [6.45, 7) is 3.98. The lowest BCUT2D eigenvalue weighted by atomic mass is 9.82. The van der Waals surface area contributed by atoms with Crippen LogP contribution in [0, 0.1) is 0 Å². The van der Waals surface area contributed by atoms with Crippen LogP contribution in [0.3, 0.4) is 0 Å². The van der Waals surface area contributed by atoms with Gasteiger partial charge in [-0.25, -0.2) is 0 Å². The third-order valence-corrected chi connectivity index (χ3v) is 10.7. The standard InChI is InChI=1S/C54H37N5/c1-54(2)45-22-12-9-19-39(45)40-28-27-38(31-46(40)54)51-55-52(58-47-23-13-10-20-41(47)42-21-11-14-24-48(42)58)57-53(56-51)59-49-32-36(34-15-5-3-6-16-34)25-29-43(49)44-30-26-37(33-50(44)59)35-17-7-4-8-18-35/h3-33H,1-2H3/i3D,4D,5D,6D,7D,8D,10D,11D,13D,14D,15D,16D,17D,18D,20D,21D,23D,24D,25D,26D,29D,30D,32D,33D. The lowest BCUT2D eigenvalue weighted by molar-refractivity contribution is 0.660. The van der Waals surface area contributed by atoms with Gasteiger partial charge in [-0.05, 0) is 74.7 Å². The van der Waals surface area contributed by atoms with Gasteiger partial charge in [-0.3, -0.25) is 9.13 Å². The van der Waals surface area contributed by atoms with Gasteiger partial charge in [-0.1, -0.05) is 171 Å². The van der Waals surface area contributed by atoms with Crippen LogP contribution < -0.4 is 0 Å². The van der Waals surface area contributed by atoms with Gasteiger partial charge in [0, 0.05) is 32.5 Å². The monoisotopic (exact) mass is 779 g/mol. The molecule has 12 rings (SSSR count). The number of rotatable bonds is 5. The van der Waals surface area contributed by atoms with Gasteiger partial charge < -0.3 is 0 Å². The summed E-state index contributed by atoms with van der Waals surface area (Å²) in [4.78, 5) is 14.7. The first-order valence-electron chi connectivity index (χ1n) is 30.2. The van der Waals surface area contributed by atoms with Crippen LogP contribution in [0.2, 0.25) is 0 Å². The molecule has 278 valence electrons. The normalized spacial score (nSPS) is 18.7. The van der Waals surface area contributed by atoms with E-state index in [4.69, 9.17) is 36.9 Å². The Morgan fingerprint density at radius 3 is 1.51 bits per heavy atom. The van der Waals surface area contributed by atoms with Gasteiger partial charge in [0.25, 0.3) is 0 Å². The average Bonchev–Trinajstić information content (AvgIpc) is 2.66. The summed E-state index contributed by atoms with van der Waals surface area (Å²) in [5.41, 5.74) is -1.86. The van der Waals surface area contributed by atoms with Crippen molar-refractivity contribution >= 4 is 43.6 Å². The average molecular weight is 780 g/mol. The molecule has 0 N–H and O–H groups in total. The molecule has 0 unspecified atom stereocenters. The van der Waals surface area contributed by atoms with Crippen molar-refractivity contribution in [3.05, 3.63) is 199 Å². The minimum Gasteiger partial charge on any atom is -0.278 e. The molecule has 11 aromatic rings. The number of fused-ring (bicyclic) bond motifs is 9. The molecule has 8 aromatic carbocycles. The topological polar surface area (TPSA) is 48.5 Å². The maximum Gasteiger partial charge on any atom is 0.240 e. The van der Waals surface area contributed by atoms with E-state index >= 15 is 0 Å². The van der Waals surface area contributed by atoms with Gasteiger partial charge in [0.05, 0.1) is 55.0 Å². The first-order valence-corrected chi connectivity index (χ1v) is 18.2. The zero-order valence-electron chi connectivity index (χ0n) is 54.8. The van der Waals surface area contributed by atoms with Gasteiger partial charge in [-0.2, -0.15) is 15.0 Å². The fraction of sp³-hybridized carbons (Fsp3) is 0.0556. The van der Waals surface area contributed by atoms with Crippen molar-refractivity contribution in [1.29, 1.82) is 0 Å². The molecule has 0 aliphatic heterocycles. The van der Waals surface area contributed by atoms with E-state index < -0.39 is 217 Å². The first kappa shape index (κ1) is 17.5. The van der Waals surface area contributed by atoms with Crippen LogP contribution in [-0.2, 0) is 5.41 Å². The summed E-state index contributed by atoms with van der Waals surface area (Å²) in [6.07, 6.45) is 0. The van der Waals surface area contributed by atoms with E-state index in [9.17, 15) is 11.0 Å². The highest BCUT2D eigenvalue weighted by Crippen LogP contribution is 2.49. The van der Waals surface area contributed by atoms with Gasteiger partial charge in [0.15, 0.2) is 5.82 Å². The van der Waals surface area contributed by atoms with Crippen LogP contribution in [0.15, 0.2) is 187 Å². The minimum atomic E-state index is -0.903. The van der Waals surface area contributed by atoms with Crippen molar-refractivity contribution in [2.24, 2.45) is 0 Å². The molecule has 0 amide bonds. The molecule has 0 saturated heterocycles. The third kappa shape index (κ3) is 5.08. The summed E-state index contributed by atoms with van der Waals surface area (Å²) in [7, 11) is 0. The largest absolute Gasteiger partial charge is 0.278 e. The van der Waals surface area contributed by atoms with Crippen LogP contribution in [0.1, 0.15) is 57.9 Å². The second-order valence-electron chi connectivity index (χ2n) is 14.3. The molecule has 0 atom stereocenters. The van der Waals surface area contributed by atoms with E-state index in [1.807, 2.05) is 44.2 Å². The zero-order chi connectivity index (χ0) is 60.1. The predicted molar refractivity (Wildman–Crippen MR) is 242 cm³/mol. The molecule has 59 heavy (non-hydrogen) atoms. The summed E-state index contributed by atoms with van der Waals surface area (Å²) in [5.74, 6) is -1.60. The van der Waals surface area contributed by atoms with E-state index in [2.05, 4.69) is 0 Å². The molecule has 0 spiro atoms. The molecule has 3 aromatic heterocycles. The Bertz CT molecular complexity index is 4610. The second kappa shape index (κ2) is 12.7. The molecule has 0 fully saturated rings. The van der Waals surface area contributed by atoms with E-state index in [1.165, 1.54) is 0 Å². The Balaban J connectivity index is 1.34. The van der Waals surface area contributed by atoms with E-state index in [0.717, 1.165) is 31.4 Å². The Kier molecular flexibility index (Phi) is 3.76. The van der Waals surface area contributed by atoms with Gasteiger partial charge >= 0.3 is 0 Å². The number of hydrogen-bond donors (Lipinski definition) is 0. The maximum atomic E-state index is 10.1.